The van der Waals surface area contributed by atoms with Crippen LogP contribution in [-0.2, 0) is 6.18 Å². The van der Waals surface area contributed by atoms with Crippen LogP contribution in [0.2, 0.25) is 0 Å². The molecule has 1 saturated heterocycles. The second-order valence-corrected chi connectivity index (χ2v) is 8.31. The molecule has 1 aliphatic heterocycles. The lowest BCUT2D eigenvalue weighted by atomic mass is 9.82. The first-order valence-electron chi connectivity index (χ1n) is 9.55. The van der Waals surface area contributed by atoms with Gasteiger partial charge in [-0.1, -0.05) is 13.8 Å². The quantitative estimate of drug-likeness (QED) is 0.447. The third kappa shape index (κ3) is 4.54. The average molecular weight is 407 g/mol. The van der Waals surface area contributed by atoms with E-state index in [9.17, 15) is 17.6 Å². The predicted octanol–water partition coefficient (Wildman–Crippen LogP) is 6.52. The van der Waals surface area contributed by atoms with Gasteiger partial charge in [0.25, 0.3) is 0 Å². The third-order valence-electron chi connectivity index (χ3n) is 5.54. The van der Waals surface area contributed by atoms with Crippen LogP contribution in [0.25, 0.3) is 0 Å². The van der Waals surface area contributed by atoms with Crippen molar-refractivity contribution in [2.45, 2.75) is 39.8 Å². The van der Waals surface area contributed by atoms with Gasteiger partial charge in [-0.2, -0.15) is 13.2 Å². The number of anilines is 3. The van der Waals surface area contributed by atoms with Crippen LogP contribution in [0.15, 0.2) is 30.3 Å². The first kappa shape index (κ1) is 21.1. The zero-order chi connectivity index (χ0) is 21.4. The number of benzene rings is 2. The maximum Gasteiger partial charge on any atom is 0.419 e. The topological polar surface area (TPSA) is 39.1 Å². The van der Waals surface area contributed by atoms with Crippen molar-refractivity contribution < 1.29 is 17.6 Å². The van der Waals surface area contributed by atoms with E-state index in [-0.39, 0.29) is 11.3 Å². The highest BCUT2D eigenvalue weighted by Crippen LogP contribution is 2.39. The molecule has 2 aromatic rings. The number of nitrogens with zero attached hydrogens (tertiary/aromatic N) is 1. The molecule has 3 rings (SSSR count). The van der Waals surface area contributed by atoms with Gasteiger partial charge in [0.1, 0.15) is 11.4 Å². The molecule has 1 fully saturated rings. The highest BCUT2D eigenvalue weighted by molar-refractivity contribution is 5.90. The average Bonchev–Trinajstić information content (AvgIpc) is 2.64. The van der Waals surface area contributed by atoms with Crippen molar-refractivity contribution in [3.05, 3.63) is 52.8 Å². The molecule has 29 heavy (non-hydrogen) atoms. The predicted molar refractivity (Wildman–Crippen MR) is 109 cm³/mol. The molecule has 7 heteroatoms. The largest absolute Gasteiger partial charge is 0.419 e. The molecule has 156 valence electrons. The Kier molecular flexibility index (Phi) is 5.61. The van der Waals surface area contributed by atoms with Gasteiger partial charge in [-0.3, -0.25) is 0 Å². The highest BCUT2D eigenvalue weighted by atomic mass is 19.4. The lowest BCUT2D eigenvalue weighted by molar-refractivity contribution is -0.140. The van der Waals surface area contributed by atoms with Gasteiger partial charge in [-0.25, -0.2) is 4.39 Å². The molecule has 0 aromatic heterocycles. The number of piperidine rings is 1. The number of aryl methyl sites for hydroxylation is 1. The van der Waals surface area contributed by atoms with Crippen LogP contribution in [0.4, 0.5) is 34.6 Å². The van der Waals surface area contributed by atoms with Gasteiger partial charge in [-0.15, -0.1) is 0 Å². The molecule has 0 aliphatic carbocycles. The van der Waals surface area contributed by atoms with Crippen LogP contribution >= 0.6 is 0 Å². The Bertz CT molecular complexity index is 892. The monoisotopic (exact) mass is 407 g/mol. The van der Waals surface area contributed by atoms with Gasteiger partial charge in [0.2, 0.25) is 0 Å². The molecule has 0 unspecified atom stereocenters. The van der Waals surface area contributed by atoms with E-state index in [4.69, 9.17) is 5.41 Å². The van der Waals surface area contributed by atoms with Gasteiger partial charge in [0, 0.05) is 41.9 Å². The van der Waals surface area contributed by atoms with Crippen molar-refractivity contribution in [2.24, 2.45) is 5.41 Å². The first-order chi connectivity index (χ1) is 13.5. The second kappa shape index (κ2) is 7.69. The molecule has 3 nitrogen and oxygen atoms in total. The molecule has 0 radical (unpaired) electrons. The number of rotatable bonds is 4. The molecule has 2 N–H and O–H groups in total. The number of nitrogens with one attached hydrogen (secondary N) is 2. The van der Waals surface area contributed by atoms with Gasteiger partial charge in [0.15, 0.2) is 0 Å². The smallest absolute Gasteiger partial charge is 0.371 e. The van der Waals surface area contributed by atoms with Crippen molar-refractivity contribution >= 4 is 23.3 Å². The van der Waals surface area contributed by atoms with Gasteiger partial charge < -0.3 is 15.6 Å². The number of hydrogen-bond donors (Lipinski definition) is 2. The summed E-state index contributed by atoms with van der Waals surface area (Å²) >= 11 is 0. The molecule has 1 heterocycles. The highest BCUT2D eigenvalue weighted by Gasteiger charge is 2.38. The normalized spacial score (nSPS) is 16.6. The van der Waals surface area contributed by atoms with Crippen molar-refractivity contribution in [1.82, 2.24) is 0 Å². The fourth-order valence-electron chi connectivity index (χ4n) is 3.62. The van der Waals surface area contributed by atoms with E-state index in [1.165, 1.54) is 13.0 Å². The number of hydrogen-bond acceptors (Lipinski definition) is 3. The molecule has 0 amide bonds. The fraction of sp³-hybridized carbons (Fsp3) is 0.409. The minimum Gasteiger partial charge on any atom is -0.371 e. The Morgan fingerprint density at radius 2 is 1.69 bits per heavy atom. The zero-order valence-electron chi connectivity index (χ0n) is 16.8. The van der Waals surface area contributed by atoms with E-state index in [0.29, 0.717) is 17.3 Å². The number of halogens is 4. The van der Waals surface area contributed by atoms with Crippen LogP contribution in [0.1, 0.15) is 43.4 Å². The van der Waals surface area contributed by atoms with Crippen molar-refractivity contribution in [1.29, 1.82) is 5.41 Å². The summed E-state index contributed by atoms with van der Waals surface area (Å²) in [6.45, 7) is 7.73. The summed E-state index contributed by atoms with van der Waals surface area (Å²) in [5.74, 6) is -1.34. The first-order valence-corrected chi connectivity index (χ1v) is 9.55. The lowest BCUT2D eigenvalue weighted by Gasteiger charge is -2.38. The number of alkyl halides is 3. The summed E-state index contributed by atoms with van der Waals surface area (Å²) in [6, 6.07) is 8.71. The van der Waals surface area contributed by atoms with Crippen molar-refractivity contribution in [3.8, 4) is 0 Å². The second-order valence-electron chi connectivity index (χ2n) is 8.31. The Hall–Kier alpha value is -2.57. The van der Waals surface area contributed by atoms with Crippen LogP contribution in [0.5, 0.6) is 0 Å². The molecule has 2 aromatic carbocycles. The SMILES string of the molecule is Cc1cc(Nc2ccc(N3CCC(C)(C)CC3)cc2)c(C=N)c(C(F)(F)F)c1F. The Labute approximate surface area is 168 Å². The lowest BCUT2D eigenvalue weighted by Crippen LogP contribution is -2.37. The van der Waals surface area contributed by atoms with Gasteiger partial charge in [0.05, 0.1) is 0 Å². The van der Waals surface area contributed by atoms with E-state index in [0.717, 1.165) is 31.6 Å². The minimum atomic E-state index is -4.88. The van der Waals surface area contributed by atoms with Crippen LogP contribution in [0, 0.1) is 23.6 Å². The molecule has 0 bridgehead atoms. The molecule has 1 aliphatic rings. The molecule has 0 saturated carbocycles. The molecular formula is C22H25F4N3. The summed E-state index contributed by atoms with van der Waals surface area (Å²) < 4.78 is 54.1. The zero-order valence-corrected chi connectivity index (χ0v) is 16.8. The van der Waals surface area contributed by atoms with E-state index < -0.39 is 23.1 Å². The third-order valence-corrected chi connectivity index (χ3v) is 5.54. The summed E-state index contributed by atoms with van der Waals surface area (Å²) in [5, 5.41) is 10.3. The van der Waals surface area contributed by atoms with Crippen molar-refractivity contribution in [3.63, 3.8) is 0 Å². The summed E-state index contributed by atoms with van der Waals surface area (Å²) in [7, 11) is 0. The maximum atomic E-state index is 14.1. The molecule has 0 atom stereocenters. The summed E-state index contributed by atoms with van der Waals surface area (Å²) in [4.78, 5) is 2.29. The van der Waals surface area contributed by atoms with E-state index in [1.807, 2.05) is 12.1 Å². The molecular weight excluding hydrogens is 382 g/mol. The van der Waals surface area contributed by atoms with Crippen LogP contribution in [0.3, 0.4) is 0 Å². The Morgan fingerprint density at radius 1 is 1.10 bits per heavy atom. The minimum absolute atomic E-state index is 0.0543. The van der Waals surface area contributed by atoms with E-state index >= 15 is 0 Å². The van der Waals surface area contributed by atoms with Crippen molar-refractivity contribution in [2.75, 3.05) is 23.3 Å². The maximum absolute atomic E-state index is 14.1. The summed E-state index contributed by atoms with van der Waals surface area (Å²) in [5.41, 5.74) is -0.0160. The molecule has 0 spiro atoms. The Morgan fingerprint density at radius 3 is 2.21 bits per heavy atom. The standard InChI is InChI=1S/C22H25F4N3/c1-14-12-18(17(13-27)19(20(14)23)22(24,25)26)28-15-4-6-16(7-5-15)29-10-8-21(2,3)9-11-29/h4-7,12-13,27-28H,8-11H2,1-3H3. The van der Waals surface area contributed by atoms with Gasteiger partial charge >= 0.3 is 6.18 Å². The van der Waals surface area contributed by atoms with E-state index in [1.54, 1.807) is 12.1 Å². The Balaban J connectivity index is 1.85. The van der Waals surface area contributed by atoms with Gasteiger partial charge in [-0.05, 0) is 61.1 Å². The van der Waals surface area contributed by atoms with Crippen LogP contribution in [-0.4, -0.2) is 19.3 Å². The van der Waals surface area contributed by atoms with E-state index in [2.05, 4.69) is 24.1 Å². The summed E-state index contributed by atoms with van der Waals surface area (Å²) in [6.07, 6.45) is -2.14. The van der Waals surface area contributed by atoms with Crippen LogP contribution < -0.4 is 10.2 Å². The fourth-order valence-corrected chi connectivity index (χ4v) is 3.62.